The molecule has 1 aromatic rings. The molecular formula is C22H30N4O4. The van der Waals surface area contributed by atoms with E-state index < -0.39 is 5.60 Å². The fourth-order valence-electron chi connectivity index (χ4n) is 3.44. The summed E-state index contributed by atoms with van der Waals surface area (Å²) in [5, 5.41) is 5.77. The quantitative estimate of drug-likeness (QED) is 0.745. The van der Waals surface area contributed by atoms with Gasteiger partial charge in [-0.05, 0) is 51.8 Å². The number of hydrazone groups is 1. The zero-order valence-corrected chi connectivity index (χ0v) is 18.4. The van der Waals surface area contributed by atoms with Crippen LogP contribution in [0.15, 0.2) is 23.3 Å². The van der Waals surface area contributed by atoms with Crippen LogP contribution in [0.5, 0.6) is 0 Å². The van der Waals surface area contributed by atoms with Crippen molar-refractivity contribution in [2.45, 2.75) is 53.1 Å². The number of rotatable bonds is 2. The molecule has 0 atom stereocenters. The molecule has 3 rings (SSSR count). The Hall–Kier alpha value is -2.90. The smallest absolute Gasteiger partial charge is 0.410 e. The van der Waals surface area contributed by atoms with E-state index in [1.54, 1.807) is 9.80 Å². The topological polar surface area (TPSA) is 82.5 Å². The maximum atomic E-state index is 13.0. The average Bonchev–Trinajstić information content (AvgIpc) is 2.68. The third-order valence-electron chi connectivity index (χ3n) is 5.09. The number of nitrogens with zero attached hydrogens (tertiary/aromatic N) is 4. The number of piperazine rings is 1. The predicted octanol–water partition coefficient (Wildman–Crippen LogP) is 2.87. The second kappa shape index (κ2) is 8.45. The second-order valence-corrected chi connectivity index (χ2v) is 8.80. The van der Waals surface area contributed by atoms with Gasteiger partial charge in [0.25, 0.3) is 5.91 Å². The molecule has 3 amide bonds. The van der Waals surface area contributed by atoms with Crippen LogP contribution >= 0.6 is 0 Å². The molecule has 2 heterocycles. The van der Waals surface area contributed by atoms with Crippen LogP contribution in [0.1, 0.15) is 44.7 Å². The first-order valence-electron chi connectivity index (χ1n) is 10.3. The van der Waals surface area contributed by atoms with Crippen LogP contribution < -0.4 is 5.01 Å². The summed E-state index contributed by atoms with van der Waals surface area (Å²) < 4.78 is 5.40. The lowest BCUT2D eigenvalue weighted by atomic mass is 10.1. The first-order chi connectivity index (χ1) is 14.0. The Morgan fingerprint density at radius 3 is 2.27 bits per heavy atom. The van der Waals surface area contributed by atoms with E-state index in [0.717, 1.165) is 11.1 Å². The van der Waals surface area contributed by atoms with Gasteiger partial charge in [-0.1, -0.05) is 12.1 Å². The van der Waals surface area contributed by atoms with Gasteiger partial charge in [-0.2, -0.15) is 5.10 Å². The fourth-order valence-corrected chi connectivity index (χ4v) is 3.44. The molecule has 1 fully saturated rings. The van der Waals surface area contributed by atoms with Gasteiger partial charge in [0, 0.05) is 39.0 Å². The summed E-state index contributed by atoms with van der Waals surface area (Å²) in [6, 6.07) is 5.83. The molecule has 0 N–H and O–H groups in total. The van der Waals surface area contributed by atoms with E-state index in [1.165, 1.54) is 5.01 Å². The van der Waals surface area contributed by atoms with Crippen LogP contribution in [0.4, 0.5) is 10.5 Å². The number of aryl methyl sites for hydroxylation is 2. The summed E-state index contributed by atoms with van der Waals surface area (Å²) in [6.45, 7) is 11.0. The molecule has 0 radical (unpaired) electrons. The number of hydrogen-bond donors (Lipinski definition) is 0. The van der Waals surface area contributed by atoms with E-state index in [9.17, 15) is 14.4 Å². The van der Waals surface area contributed by atoms with Crippen molar-refractivity contribution in [1.82, 2.24) is 9.80 Å². The molecule has 1 saturated heterocycles. The maximum Gasteiger partial charge on any atom is 0.410 e. The highest BCUT2D eigenvalue weighted by Gasteiger charge is 2.32. The molecular weight excluding hydrogens is 384 g/mol. The molecule has 0 aliphatic carbocycles. The number of amides is 3. The van der Waals surface area contributed by atoms with Crippen molar-refractivity contribution >= 4 is 29.3 Å². The van der Waals surface area contributed by atoms with Crippen molar-refractivity contribution < 1.29 is 19.1 Å². The zero-order chi connectivity index (χ0) is 22.1. The van der Waals surface area contributed by atoms with Gasteiger partial charge < -0.3 is 14.5 Å². The first kappa shape index (κ1) is 21.8. The van der Waals surface area contributed by atoms with Crippen LogP contribution in [-0.4, -0.2) is 65.2 Å². The first-order valence-corrected chi connectivity index (χ1v) is 10.3. The van der Waals surface area contributed by atoms with Crippen molar-refractivity contribution in [3.63, 3.8) is 0 Å². The predicted molar refractivity (Wildman–Crippen MR) is 114 cm³/mol. The lowest BCUT2D eigenvalue weighted by Gasteiger charge is -2.36. The highest BCUT2D eigenvalue weighted by atomic mass is 16.6. The Morgan fingerprint density at radius 2 is 1.63 bits per heavy atom. The number of anilines is 1. The Kier molecular flexibility index (Phi) is 6.14. The minimum atomic E-state index is -0.551. The van der Waals surface area contributed by atoms with Crippen LogP contribution in [-0.2, 0) is 14.3 Å². The number of hydrogen-bond acceptors (Lipinski definition) is 5. The maximum absolute atomic E-state index is 13.0. The summed E-state index contributed by atoms with van der Waals surface area (Å²) in [5.74, 6) is -0.295. The summed E-state index contributed by atoms with van der Waals surface area (Å²) in [4.78, 5) is 41.0. The Balaban J connectivity index is 1.69. The van der Waals surface area contributed by atoms with E-state index in [1.807, 2.05) is 52.8 Å². The van der Waals surface area contributed by atoms with Crippen molar-refractivity contribution in [2.24, 2.45) is 5.10 Å². The molecule has 0 aromatic heterocycles. The molecule has 0 spiro atoms. The third-order valence-corrected chi connectivity index (χ3v) is 5.09. The molecule has 0 bridgehead atoms. The molecule has 0 unspecified atom stereocenters. The van der Waals surface area contributed by atoms with Crippen LogP contribution in [0.3, 0.4) is 0 Å². The van der Waals surface area contributed by atoms with E-state index in [0.29, 0.717) is 44.0 Å². The van der Waals surface area contributed by atoms with Gasteiger partial charge in [-0.15, -0.1) is 0 Å². The lowest BCUT2D eigenvalue weighted by molar-refractivity contribution is -0.126. The summed E-state index contributed by atoms with van der Waals surface area (Å²) in [6.07, 6.45) is 0.206. The van der Waals surface area contributed by atoms with Crippen LogP contribution in [0.25, 0.3) is 0 Å². The van der Waals surface area contributed by atoms with Crippen LogP contribution in [0.2, 0.25) is 0 Å². The van der Waals surface area contributed by atoms with Crippen molar-refractivity contribution in [1.29, 1.82) is 0 Å². The van der Waals surface area contributed by atoms with Gasteiger partial charge in [0.2, 0.25) is 5.91 Å². The number of ether oxygens (including phenoxy) is 1. The average molecular weight is 415 g/mol. The Bertz CT molecular complexity index is 880. The third kappa shape index (κ3) is 4.98. The van der Waals surface area contributed by atoms with Crippen molar-refractivity contribution in [2.75, 3.05) is 31.2 Å². The minimum absolute atomic E-state index is 0.116. The van der Waals surface area contributed by atoms with Gasteiger partial charge in [0.05, 0.1) is 5.69 Å². The molecule has 8 heteroatoms. The normalized spacial score (nSPS) is 17.7. The van der Waals surface area contributed by atoms with E-state index in [2.05, 4.69) is 5.10 Å². The van der Waals surface area contributed by atoms with Crippen LogP contribution in [0, 0.1) is 13.8 Å². The largest absolute Gasteiger partial charge is 0.444 e. The number of carbonyl (C=O) groups is 3. The Morgan fingerprint density at radius 1 is 1.00 bits per heavy atom. The van der Waals surface area contributed by atoms with E-state index in [-0.39, 0.29) is 24.3 Å². The minimum Gasteiger partial charge on any atom is -0.444 e. The molecule has 1 aromatic carbocycles. The standard InChI is InChI=1S/C22H30N4O4/c1-15-6-7-16(2)18(14-15)26-19(27)9-8-17(23-26)20(28)24-10-12-25(13-11-24)21(29)30-22(3,4)5/h6-7,14H,8-13H2,1-5H3. The SMILES string of the molecule is Cc1ccc(C)c(N2N=C(C(=O)N3CCN(C(=O)OC(C)(C)C)CC3)CCC2=O)c1. The van der Waals surface area contributed by atoms with Gasteiger partial charge in [-0.3, -0.25) is 9.59 Å². The zero-order valence-electron chi connectivity index (χ0n) is 18.4. The van der Waals surface area contributed by atoms with E-state index >= 15 is 0 Å². The highest BCUT2D eigenvalue weighted by Crippen LogP contribution is 2.26. The molecule has 8 nitrogen and oxygen atoms in total. The summed E-state index contributed by atoms with van der Waals surface area (Å²) in [7, 11) is 0. The van der Waals surface area contributed by atoms with Gasteiger partial charge >= 0.3 is 6.09 Å². The van der Waals surface area contributed by atoms with Gasteiger partial charge in [-0.25, -0.2) is 9.80 Å². The van der Waals surface area contributed by atoms with E-state index in [4.69, 9.17) is 4.74 Å². The Labute approximate surface area is 177 Å². The monoisotopic (exact) mass is 414 g/mol. The van der Waals surface area contributed by atoms with Gasteiger partial charge in [0.15, 0.2) is 0 Å². The van der Waals surface area contributed by atoms with Gasteiger partial charge in [0.1, 0.15) is 11.3 Å². The molecule has 2 aliphatic heterocycles. The van der Waals surface area contributed by atoms with Crippen molar-refractivity contribution in [3.05, 3.63) is 29.3 Å². The highest BCUT2D eigenvalue weighted by molar-refractivity contribution is 6.40. The molecule has 2 aliphatic rings. The number of carbonyl (C=O) groups excluding carboxylic acids is 3. The lowest BCUT2D eigenvalue weighted by Crippen LogP contribution is -2.53. The molecule has 0 saturated carbocycles. The summed E-state index contributed by atoms with van der Waals surface area (Å²) in [5.41, 5.74) is 2.48. The molecule has 162 valence electrons. The van der Waals surface area contributed by atoms with Crippen molar-refractivity contribution in [3.8, 4) is 0 Å². The number of benzene rings is 1. The second-order valence-electron chi connectivity index (χ2n) is 8.80. The fraction of sp³-hybridized carbons (Fsp3) is 0.545. The summed E-state index contributed by atoms with van der Waals surface area (Å²) >= 11 is 0. The molecule has 30 heavy (non-hydrogen) atoms.